The summed E-state index contributed by atoms with van der Waals surface area (Å²) < 4.78 is 39.8. The van der Waals surface area contributed by atoms with E-state index in [9.17, 15) is 22.4 Å². The van der Waals surface area contributed by atoms with Crippen molar-refractivity contribution in [2.45, 2.75) is 31.6 Å². The van der Waals surface area contributed by atoms with E-state index in [0.29, 0.717) is 24.2 Å². The Labute approximate surface area is 175 Å². The second-order valence-corrected chi connectivity index (χ2v) is 9.29. The van der Waals surface area contributed by atoms with Crippen LogP contribution in [0.3, 0.4) is 0 Å². The SMILES string of the molecule is CC(=O)Nc1ccc(C)cc1NC(=O)C1CCN(S(=O)(=O)c2ccc(F)cc2)CC1. The van der Waals surface area contributed by atoms with E-state index in [1.54, 1.807) is 12.1 Å². The Bertz CT molecular complexity index is 1050. The fraction of sp³-hybridized carbons (Fsp3) is 0.333. The van der Waals surface area contributed by atoms with Gasteiger partial charge in [-0.2, -0.15) is 4.31 Å². The summed E-state index contributed by atoms with van der Waals surface area (Å²) in [6.07, 6.45) is 0.737. The standard InChI is InChI=1S/C21H24FN3O4S/c1-14-3-8-19(23-15(2)26)20(13-14)24-21(27)16-9-11-25(12-10-16)30(28,29)18-6-4-17(22)5-7-18/h3-8,13,16H,9-12H2,1-2H3,(H,23,26)(H,24,27). The molecule has 0 spiro atoms. The van der Waals surface area contributed by atoms with Gasteiger partial charge in [0.2, 0.25) is 21.8 Å². The maximum Gasteiger partial charge on any atom is 0.243 e. The van der Waals surface area contributed by atoms with Crippen LogP contribution in [-0.4, -0.2) is 37.6 Å². The Hall–Kier alpha value is -2.78. The molecule has 1 aliphatic heterocycles. The molecule has 0 bridgehead atoms. The highest BCUT2D eigenvalue weighted by atomic mass is 32.2. The third-order valence-corrected chi connectivity index (χ3v) is 6.93. The summed E-state index contributed by atoms with van der Waals surface area (Å²) in [5, 5.41) is 5.54. The van der Waals surface area contributed by atoms with E-state index in [4.69, 9.17) is 0 Å². The van der Waals surface area contributed by atoms with E-state index >= 15 is 0 Å². The van der Waals surface area contributed by atoms with Crippen molar-refractivity contribution in [1.82, 2.24) is 4.31 Å². The van der Waals surface area contributed by atoms with E-state index in [2.05, 4.69) is 10.6 Å². The molecule has 7 nitrogen and oxygen atoms in total. The average Bonchev–Trinajstić information content (AvgIpc) is 2.70. The van der Waals surface area contributed by atoms with E-state index in [1.807, 2.05) is 13.0 Å². The molecule has 2 aromatic carbocycles. The molecule has 2 amide bonds. The van der Waals surface area contributed by atoms with Crippen LogP contribution in [0.2, 0.25) is 0 Å². The zero-order chi connectivity index (χ0) is 21.9. The van der Waals surface area contributed by atoms with Crippen LogP contribution >= 0.6 is 0 Å². The van der Waals surface area contributed by atoms with Gasteiger partial charge in [0.25, 0.3) is 0 Å². The number of nitrogens with one attached hydrogen (secondary N) is 2. The van der Waals surface area contributed by atoms with Crippen LogP contribution in [-0.2, 0) is 19.6 Å². The number of hydrogen-bond donors (Lipinski definition) is 2. The number of carbonyl (C=O) groups is 2. The van der Waals surface area contributed by atoms with Gasteiger partial charge < -0.3 is 10.6 Å². The van der Waals surface area contributed by atoms with Crippen LogP contribution in [0.5, 0.6) is 0 Å². The minimum atomic E-state index is -3.73. The van der Waals surface area contributed by atoms with Gasteiger partial charge in [-0.3, -0.25) is 9.59 Å². The van der Waals surface area contributed by atoms with Crippen LogP contribution in [0.1, 0.15) is 25.3 Å². The number of carbonyl (C=O) groups excluding carboxylic acids is 2. The van der Waals surface area contributed by atoms with Gasteiger partial charge in [-0.25, -0.2) is 12.8 Å². The van der Waals surface area contributed by atoms with Crippen LogP contribution in [0.25, 0.3) is 0 Å². The fourth-order valence-electron chi connectivity index (χ4n) is 3.41. The van der Waals surface area contributed by atoms with Crippen molar-refractivity contribution in [3.63, 3.8) is 0 Å². The summed E-state index contributed by atoms with van der Waals surface area (Å²) in [6, 6.07) is 10.0. The molecule has 0 atom stereocenters. The van der Waals surface area contributed by atoms with Crippen molar-refractivity contribution in [2.75, 3.05) is 23.7 Å². The first-order valence-electron chi connectivity index (χ1n) is 9.61. The van der Waals surface area contributed by atoms with Crippen molar-refractivity contribution in [1.29, 1.82) is 0 Å². The lowest BCUT2D eigenvalue weighted by Gasteiger charge is -2.30. The van der Waals surface area contributed by atoms with E-state index < -0.39 is 15.8 Å². The number of nitrogens with zero attached hydrogens (tertiary/aromatic N) is 1. The molecule has 0 radical (unpaired) electrons. The minimum absolute atomic E-state index is 0.0338. The Kier molecular flexibility index (Phi) is 6.52. The Morgan fingerprint density at radius 2 is 1.63 bits per heavy atom. The molecular formula is C21H24FN3O4S. The van der Waals surface area contributed by atoms with Crippen LogP contribution in [0, 0.1) is 18.7 Å². The van der Waals surface area contributed by atoms with Gasteiger partial charge in [-0.15, -0.1) is 0 Å². The maximum atomic E-state index is 13.1. The van der Waals surface area contributed by atoms with Crippen molar-refractivity contribution < 1.29 is 22.4 Å². The fourth-order valence-corrected chi connectivity index (χ4v) is 4.88. The van der Waals surface area contributed by atoms with Crippen molar-refractivity contribution in [3.8, 4) is 0 Å². The average molecular weight is 434 g/mol. The van der Waals surface area contributed by atoms with Gasteiger partial charge in [-0.05, 0) is 61.7 Å². The molecule has 1 fully saturated rings. The summed E-state index contributed by atoms with van der Waals surface area (Å²) in [6.45, 7) is 3.67. The number of amides is 2. The predicted molar refractivity (Wildman–Crippen MR) is 112 cm³/mol. The molecule has 160 valence electrons. The Morgan fingerprint density at radius 3 is 2.23 bits per heavy atom. The number of rotatable bonds is 5. The molecule has 2 N–H and O–H groups in total. The maximum absolute atomic E-state index is 13.1. The molecule has 0 aliphatic carbocycles. The normalized spacial score (nSPS) is 15.6. The zero-order valence-corrected chi connectivity index (χ0v) is 17.6. The topological polar surface area (TPSA) is 95.6 Å². The third-order valence-electron chi connectivity index (χ3n) is 5.02. The molecule has 2 aromatic rings. The molecule has 0 saturated carbocycles. The first kappa shape index (κ1) is 21.9. The van der Waals surface area contributed by atoms with Crippen molar-refractivity contribution in [3.05, 3.63) is 53.8 Å². The highest BCUT2D eigenvalue weighted by Crippen LogP contribution is 2.28. The first-order chi connectivity index (χ1) is 14.2. The smallest absolute Gasteiger partial charge is 0.243 e. The van der Waals surface area contributed by atoms with Crippen molar-refractivity contribution in [2.24, 2.45) is 5.92 Å². The van der Waals surface area contributed by atoms with Gasteiger partial charge in [0, 0.05) is 25.9 Å². The van der Waals surface area contributed by atoms with Gasteiger partial charge in [0.05, 0.1) is 16.3 Å². The van der Waals surface area contributed by atoms with Crippen LogP contribution < -0.4 is 10.6 Å². The highest BCUT2D eigenvalue weighted by molar-refractivity contribution is 7.89. The van der Waals surface area contributed by atoms with Crippen LogP contribution in [0.4, 0.5) is 15.8 Å². The number of piperidine rings is 1. The number of sulfonamides is 1. The minimum Gasteiger partial charge on any atom is -0.325 e. The molecule has 1 saturated heterocycles. The van der Waals surface area contributed by atoms with Crippen molar-refractivity contribution >= 4 is 33.2 Å². The lowest BCUT2D eigenvalue weighted by molar-refractivity contribution is -0.121. The highest BCUT2D eigenvalue weighted by Gasteiger charge is 2.32. The van der Waals surface area contributed by atoms with Gasteiger partial charge in [-0.1, -0.05) is 6.07 Å². The quantitative estimate of drug-likeness (QED) is 0.757. The predicted octanol–water partition coefficient (Wildman–Crippen LogP) is 3.13. The summed E-state index contributed by atoms with van der Waals surface area (Å²) >= 11 is 0. The van der Waals surface area contributed by atoms with Crippen LogP contribution in [0.15, 0.2) is 47.4 Å². The molecule has 0 aromatic heterocycles. The Morgan fingerprint density at radius 1 is 1.00 bits per heavy atom. The van der Waals surface area contributed by atoms with E-state index in [0.717, 1.165) is 17.7 Å². The lowest BCUT2D eigenvalue weighted by Crippen LogP contribution is -2.41. The molecule has 1 aliphatic rings. The molecule has 9 heteroatoms. The van der Waals surface area contributed by atoms with E-state index in [1.165, 1.54) is 23.4 Å². The largest absolute Gasteiger partial charge is 0.325 e. The molecular weight excluding hydrogens is 409 g/mol. The number of hydrogen-bond acceptors (Lipinski definition) is 4. The second-order valence-electron chi connectivity index (χ2n) is 7.35. The molecule has 1 heterocycles. The number of aryl methyl sites for hydroxylation is 1. The third kappa shape index (κ3) is 5.03. The van der Waals surface area contributed by atoms with Gasteiger partial charge in [0.1, 0.15) is 5.82 Å². The summed E-state index contributed by atoms with van der Waals surface area (Å²) in [5.74, 6) is -1.31. The monoisotopic (exact) mass is 433 g/mol. The number of halogens is 1. The first-order valence-corrected chi connectivity index (χ1v) is 11.1. The second kappa shape index (κ2) is 8.93. The molecule has 0 unspecified atom stereocenters. The number of benzene rings is 2. The summed E-state index contributed by atoms with van der Waals surface area (Å²) in [7, 11) is -3.73. The zero-order valence-electron chi connectivity index (χ0n) is 16.8. The van der Waals surface area contributed by atoms with Gasteiger partial charge >= 0.3 is 0 Å². The van der Waals surface area contributed by atoms with E-state index in [-0.39, 0.29) is 35.7 Å². The molecule has 30 heavy (non-hydrogen) atoms. The number of anilines is 2. The molecule has 3 rings (SSSR count). The summed E-state index contributed by atoms with van der Waals surface area (Å²) in [4.78, 5) is 24.2. The van der Waals surface area contributed by atoms with Gasteiger partial charge in [0.15, 0.2) is 0 Å². The summed E-state index contributed by atoms with van der Waals surface area (Å²) in [5.41, 5.74) is 1.95. The Balaban J connectivity index is 1.65. The lowest BCUT2D eigenvalue weighted by atomic mass is 9.97.